The Morgan fingerprint density at radius 3 is 2.87 bits per heavy atom. The van der Waals surface area contributed by atoms with Crippen molar-refractivity contribution in [3.05, 3.63) is 24.1 Å². The second-order valence-corrected chi connectivity index (χ2v) is 6.01. The van der Waals surface area contributed by atoms with Gasteiger partial charge in [0.2, 0.25) is 11.8 Å². The van der Waals surface area contributed by atoms with Crippen LogP contribution in [-0.2, 0) is 4.79 Å². The van der Waals surface area contributed by atoms with Crippen molar-refractivity contribution < 1.29 is 18.7 Å². The minimum absolute atomic E-state index is 0.176. The lowest BCUT2D eigenvalue weighted by molar-refractivity contribution is -0.113. The van der Waals surface area contributed by atoms with E-state index in [4.69, 9.17) is 13.9 Å². The fraction of sp³-hybridized carbons (Fsp3) is 0.400. The number of thioether (sulfide) groups is 1. The first-order chi connectivity index (χ1) is 11.2. The van der Waals surface area contributed by atoms with Crippen LogP contribution < -0.4 is 14.8 Å². The largest absolute Gasteiger partial charge is 0.497 e. The number of amides is 1. The number of carbonyl (C=O) groups excluding carboxylic acids is 1. The van der Waals surface area contributed by atoms with Gasteiger partial charge in [-0.05, 0) is 25.0 Å². The summed E-state index contributed by atoms with van der Waals surface area (Å²) in [7, 11) is 3.11. The fourth-order valence-electron chi connectivity index (χ4n) is 1.99. The van der Waals surface area contributed by atoms with Crippen LogP contribution in [0.5, 0.6) is 11.5 Å². The monoisotopic (exact) mass is 335 g/mol. The summed E-state index contributed by atoms with van der Waals surface area (Å²) < 4.78 is 15.9. The molecule has 0 radical (unpaired) electrons. The first-order valence-corrected chi connectivity index (χ1v) is 8.16. The molecule has 1 heterocycles. The van der Waals surface area contributed by atoms with E-state index in [0.29, 0.717) is 34.2 Å². The highest BCUT2D eigenvalue weighted by molar-refractivity contribution is 7.99. The van der Waals surface area contributed by atoms with Gasteiger partial charge >= 0.3 is 0 Å². The molecule has 1 aliphatic carbocycles. The quantitative estimate of drug-likeness (QED) is 0.778. The lowest BCUT2D eigenvalue weighted by atomic mass is 10.2. The highest BCUT2D eigenvalue weighted by Crippen LogP contribution is 2.39. The van der Waals surface area contributed by atoms with Crippen LogP contribution in [0.4, 0.5) is 5.69 Å². The summed E-state index contributed by atoms with van der Waals surface area (Å²) in [5.74, 6) is 2.29. The fourth-order valence-corrected chi connectivity index (χ4v) is 2.56. The minimum Gasteiger partial charge on any atom is -0.497 e. The molecule has 2 aromatic rings. The molecule has 0 saturated heterocycles. The standard InChI is InChI=1S/C15H17N3O4S/c1-20-10-5-6-11(12(7-10)21-2)16-13(19)8-23-15-18-17-14(22-15)9-3-4-9/h5-7,9H,3-4,8H2,1-2H3,(H,16,19). The van der Waals surface area contributed by atoms with E-state index in [-0.39, 0.29) is 11.7 Å². The van der Waals surface area contributed by atoms with Crippen molar-refractivity contribution in [1.29, 1.82) is 0 Å². The predicted octanol–water partition coefficient (Wildman–Crippen LogP) is 2.70. The lowest BCUT2D eigenvalue weighted by Gasteiger charge is -2.11. The molecule has 1 fully saturated rings. The number of hydrogen-bond donors (Lipinski definition) is 1. The third kappa shape index (κ3) is 3.95. The van der Waals surface area contributed by atoms with Gasteiger partial charge in [-0.25, -0.2) is 0 Å². The van der Waals surface area contributed by atoms with E-state index in [1.807, 2.05) is 0 Å². The summed E-state index contributed by atoms with van der Waals surface area (Å²) in [4.78, 5) is 12.1. The molecule has 0 atom stereocenters. The highest BCUT2D eigenvalue weighted by atomic mass is 32.2. The Morgan fingerprint density at radius 2 is 2.17 bits per heavy atom. The maximum atomic E-state index is 12.1. The normalized spacial score (nSPS) is 13.7. The van der Waals surface area contributed by atoms with E-state index in [0.717, 1.165) is 12.8 Å². The SMILES string of the molecule is COc1ccc(NC(=O)CSc2nnc(C3CC3)o2)c(OC)c1. The van der Waals surface area contributed by atoms with E-state index in [1.165, 1.54) is 18.9 Å². The summed E-state index contributed by atoms with van der Waals surface area (Å²) in [6.45, 7) is 0. The minimum atomic E-state index is -0.176. The summed E-state index contributed by atoms with van der Waals surface area (Å²) in [5.41, 5.74) is 0.586. The van der Waals surface area contributed by atoms with Crippen LogP contribution in [0.2, 0.25) is 0 Å². The Morgan fingerprint density at radius 1 is 1.35 bits per heavy atom. The molecule has 0 spiro atoms. The van der Waals surface area contributed by atoms with Gasteiger partial charge in [-0.3, -0.25) is 4.79 Å². The van der Waals surface area contributed by atoms with Gasteiger partial charge in [0.1, 0.15) is 11.5 Å². The predicted molar refractivity (Wildman–Crippen MR) is 85.2 cm³/mol. The Bertz CT molecular complexity index is 700. The van der Waals surface area contributed by atoms with Crippen molar-refractivity contribution >= 4 is 23.4 Å². The zero-order valence-corrected chi connectivity index (χ0v) is 13.7. The second-order valence-electron chi connectivity index (χ2n) is 5.08. The zero-order valence-electron chi connectivity index (χ0n) is 12.9. The van der Waals surface area contributed by atoms with E-state index >= 15 is 0 Å². The molecule has 23 heavy (non-hydrogen) atoms. The molecule has 0 unspecified atom stereocenters. The molecule has 0 bridgehead atoms. The number of hydrogen-bond acceptors (Lipinski definition) is 7. The van der Waals surface area contributed by atoms with Gasteiger partial charge < -0.3 is 19.2 Å². The smallest absolute Gasteiger partial charge is 0.277 e. The lowest BCUT2D eigenvalue weighted by Crippen LogP contribution is -2.14. The van der Waals surface area contributed by atoms with Crippen LogP contribution in [0.15, 0.2) is 27.8 Å². The molecule has 1 N–H and O–H groups in total. The van der Waals surface area contributed by atoms with Crippen molar-refractivity contribution in [3.8, 4) is 11.5 Å². The Hall–Kier alpha value is -2.22. The van der Waals surface area contributed by atoms with E-state index in [1.54, 1.807) is 25.3 Å². The number of rotatable bonds is 7. The molecule has 8 heteroatoms. The van der Waals surface area contributed by atoms with E-state index in [9.17, 15) is 4.79 Å². The van der Waals surface area contributed by atoms with Crippen molar-refractivity contribution in [2.45, 2.75) is 24.0 Å². The van der Waals surface area contributed by atoms with Crippen LogP contribution in [-0.4, -0.2) is 36.1 Å². The molecule has 122 valence electrons. The van der Waals surface area contributed by atoms with Crippen molar-refractivity contribution in [2.24, 2.45) is 0 Å². The van der Waals surface area contributed by atoms with Crippen molar-refractivity contribution in [2.75, 3.05) is 25.3 Å². The molecule has 1 saturated carbocycles. The van der Waals surface area contributed by atoms with Gasteiger partial charge in [0.25, 0.3) is 5.22 Å². The molecule has 1 aromatic carbocycles. The number of aromatic nitrogens is 2. The number of nitrogens with one attached hydrogen (secondary N) is 1. The van der Waals surface area contributed by atoms with Crippen LogP contribution in [0, 0.1) is 0 Å². The molecule has 1 amide bonds. The van der Waals surface area contributed by atoms with Crippen LogP contribution in [0.3, 0.4) is 0 Å². The van der Waals surface area contributed by atoms with Gasteiger partial charge in [0.05, 0.1) is 25.7 Å². The number of nitrogens with zero attached hydrogens (tertiary/aromatic N) is 2. The van der Waals surface area contributed by atoms with Crippen LogP contribution >= 0.6 is 11.8 Å². The van der Waals surface area contributed by atoms with E-state index < -0.39 is 0 Å². The van der Waals surface area contributed by atoms with Gasteiger partial charge in [0.15, 0.2) is 0 Å². The van der Waals surface area contributed by atoms with Gasteiger partial charge in [-0.2, -0.15) is 0 Å². The third-order valence-corrected chi connectivity index (χ3v) is 4.18. The molecule has 0 aliphatic heterocycles. The Labute approximate surface area is 137 Å². The second kappa shape index (κ2) is 6.91. The topological polar surface area (TPSA) is 86.5 Å². The number of carbonyl (C=O) groups is 1. The first kappa shape index (κ1) is 15.7. The maximum absolute atomic E-state index is 12.1. The zero-order chi connectivity index (χ0) is 16.2. The van der Waals surface area contributed by atoms with Crippen molar-refractivity contribution in [1.82, 2.24) is 10.2 Å². The van der Waals surface area contributed by atoms with E-state index in [2.05, 4.69) is 15.5 Å². The first-order valence-electron chi connectivity index (χ1n) is 7.17. The molecule has 7 nitrogen and oxygen atoms in total. The number of methoxy groups -OCH3 is 2. The van der Waals surface area contributed by atoms with Crippen molar-refractivity contribution in [3.63, 3.8) is 0 Å². The number of anilines is 1. The molecule has 3 rings (SSSR count). The Balaban J connectivity index is 1.56. The van der Waals surface area contributed by atoms with Crippen LogP contribution in [0.25, 0.3) is 0 Å². The van der Waals surface area contributed by atoms with Gasteiger partial charge in [-0.15, -0.1) is 10.2 Å². The average molecular weight is 335 g/mol. The summed E-state index contributed by atoms with van der Waals surface area (Å²) >= 11 is 1.22. The summed E-state index contributed by atoms with van der Waals surface area (Å²) in [6, 6.07) is 5.20. The summed E-state index contributed by atoms with van der Waals surface area (Å²) in [5, 5.41) is 11.1. The Kier molecular flexibility index (Phi) is 4.71. The molecule has 1 aromatic heterocycles. The highest BCUT2D eigenvalue weighted by Gasteiger charge is 2.29. The molecular weight excluding hydrogens is 318 g/mol. The number of benzene rings is 1. The van der Waals surface area contributed by atoms with Crippen LogP contribution in [0.1, 0.15) is 24.7 Å². The number of ether oxygens (including phenoxy) is 2. The average Bonchev–Trinajstić information content (AvgIpc) is 3.32. The third-order valence-electron chi connectivity index (χ3n) is 3.36. The van der Waals surface area contributed by atoms with Gasteiger partial charge in [-0.1, -0.05) is 11.8 Å². The van der Waals surface area contributed by atoms with Gasteiger partial charge in [0, 0.05) is 12.0 Å². The summed E-state index contributed by atoms with van der Waals surface area (Å²) in [6.07, 6.45) is 2.20. The maximum Gasteiger partial charge on any atom is 0.277 e. The molecule has 1 aliphatic rings. The molecular formula is C15H17N3O4S.